The van der Waals surface area contributed by atoms with Gasteiger partial charge in [0.2, 0.25) is 5.91 Å². The van der Waals surface area contributed by atoms with E-state index in [1.165, 1.54) is 11.1 Å². The fourth-order valence-corrected chi connectivity index (χ4v) is 6.57. The van der Waals surface area contributed by atoms with Gasteiger partial charge in [0.05, 0.1) is 48.5 Å². The highest BCUT2D eigenvalue weighted by atomic mass is 16.1. The molecule has 6 heterocycles. The summed E-state index contributed by atoms with van der Waals surface area (Å²) in [5.74, 6) is 1.35. The van der Waals surface area contributed by atoms with Gasteiger partial charge in [0.15, 0.2) is 0 Å². The van der Waals surface area contributed by atoms with E-state index in [-0.39, 0.29) is 6.54 Å². The molecule has 274 valence electrons. The van der Waals surface area contributed by atoms with E-state index in [2.05, 4.69) is 108 Å². The third-order valence-corrected chi connectivity index (χ3v) is 9.64. The molecule has 8 aromatic rings. The van der Waals surface area contributed by atoms with Crippen LogP contribution in [0.2, 0.25) is 0 Å². The molecular formula is C40H43N13O. The molecule has 0 bridgehead atoms. The molecule has 54 heavy (non-hydrogen) atoms. The number of benzene rings is 2. The van der Waals surface area contributed by atoms with Crippen LogP contribution in [0.3, 0.4) is 0 Å². The van der Waals surface area contributed by atoms with E-state index >= 15 is 0 Å². The van der Waals surface area contributed by atoms with Gasteiger partial charge in [0.1, 0.15) is 29.2 Å². The lowest BCUT2D eigenvalue weighted by Crippen LogP contribution is -2.18. The minimum atomic E-state index is -0.413. The summed E-state index contributed by atoms with van der Waals surface area (Å²) in [6.07, 6.45) is 16.4. The average Bonchev–Trinajstić information content (AvgIpc) is 4.03. The van der Waals surface area contributed by atoms with Gasteiger partial charge in [0, 0.05) is 75.2 Å². The first-order chi connectivity index (χ1) is 26.1. The molecule has 3 N–H and O–H groups in total. The third kappa shape index (κ3) is 7.13. The number of hydrogen-bond donors (Lipinski definition) is 2. The molecular weight excluding hydrogens is 679 g/mol. The molecule has 0 atom stereocenters. The zero-order valence-corrected chi connectivity index (χ0v) is 31.3. The van der Waals surface area contributed by atoms with Crippen molar-refractivity contribution in [3.8, 4) is 22.3 Å². The first-order valence-corrected chi connectivity index (χ1v) is 17.7. The lowest BCUT2D eigenvalue weighted by molar-refractivity contribution is -0.118. The molecule has 2 aromatic carbocycles. The maximum atomic E-state index is 11.1. The van der Waals surface area contributed by atoms with E-state index < -0.39 is 5.91 Å². The summed E-state index contributed by atoms with van der Waals surface area (Å²) in [6, 6.07) is 16.9. The molecule has 0 radical (unpaired) electrons. The topological polar surface area (TPSA) is 157 Å². The number of carbonyl (C=O) groups excluding carboxylic acids is 1. The van der Waals surface area contributed by atoms with Crippen LogP contribution in [0.4, 0.5) is 23.0 Å². The normalized spacial score (nSPS) is 11.1. The minimum Gasteiger partial charge on any atom is -0.368 e. The van der Waals surface area contributed by atoms with Crippen LogP contribution in [0.5, 0.6) is 0 Å². The molecule has 1 amide bonds. The van der Waals surface area contributed by atoms with E-state index in [1.807, 2.05) is 67.5 Å². The van der Waals surface area contributed by atoms with Crippen LogP contribution < -0.4 is 15.5 Å². The first kappa shape index (κ1) is 35.6. The largest absolute Gasteiger partial charge is 0.368 e. The Labute approximate surface area is 312 Å². The number of nitrogens with two attached hydrogens (primary N) is 1. The summed E-state index contributed by atoms with van der Waals surface area (Å²) in [4.78, 5) is 33.1. The van der Waals surface area contributed by atoms with E-state index in [0.717, 1.165) is 80.2 Å². The number of aromatic nitrogens is 10. The van der Waals surface area contributed by atoms with Crippen molar-refractivity contribution in [3.63, 3.8) is 0 Å². The molecule has 0 aliphatic rings. The van der Waals surface area contributed by atoms with E-state index in [9.17, 15) is 4.79 Å². The predicted octanol–water partition coefficient (Wildman–Crippen LogP) is 6.34. The van der Waals surface area contributed by atoms with Gasteiger partial charge in [-0.3, -0.25) is 14.6 Å². The van der Waals surface area contributed by atoms with Crippen LogP contribution in [0, 0.1) is 0 Å². The average molecular weight is 722 g/mol. The van der Waals surface area contributed by atoms with E-state index in [1.54, 1.807) is 23.4 Å². The Hall–Kier alpha value is -6.83. The molecule has 0 saturated heterocycles. The molecule has 0 unspecified atom stereocenters. The van der Waals surface area contributed by atoms with Gasteiger partial charge >= 0.3 is 0 Å². The third-order valence-electron chi connectivity index (χ3n) is 9.64. The van der Waals surface area contributed by atoms with Gasteiger partial charge < -0.3 is 24.7 Å². The van der Waals surface area contributed by atoms with Crippen molar-refractivity contribution in [2.24, 2.45) is 19.8 Å². The van der Waals surface area contributed by atoms with Crippen LogP contribution >= 0.6 is 0 Å². The summed E-state index contributed by atoms with van der Waals surface area (Å²) in [7, 11) is 8.04. The summed E-state index contributed by atoms with van der Waals surface area (Å²) < 4.78 is 5.55. The van der Waals surface area contributed by atoms with Crippen molar-refractivity contribution in [2.45, 2.75) is 33.2 Å². The number of pyridine rings is 2. The Bertz CT molecular complexity index is 2560. The number of primary amides is 1. The van der Waals surface area contributed by atoms with Gasteiger partial charge in [-0.2, -0.15) is 10.2 Å². The number of hydrogen-bond acceptors (Lipinski definition) is 9. The number of aromatic amines is 1. The van der Waals surface area contributed by atoms with Crippen molar-refractivity contribution in [3.05, 3.63) is 109 Å². The second-order valence-electron chi connectivity index (χ2n) is 13.2. The molecule has 0 fully saturated rings. The van der Waals surface area contributed by atoms with Crippen molar-refractivity contribution in [1.29, 1.82) is 0 Å². The Kier molecular flexibility index (Phi) is 9.90. The molecule has 14 heteroatoms. The van der Waals surface area contributed by atoms with Crippen LogP contribution in [0.1, 0.15) is 25.0 Å². The lowest BCUT2D eigenvalue weighted by atomic mass is 10.0. The molecule has 6 aromatic heterocycles. The van der Waals surface area contributed by atoms with Gasteiger partial charge in [-0.25, -0.2) is 19.9 Å². The monoisotopic (exact) mass is 721 g/mol. The van der Waals surface area contributed by atoms with Crippen LogP contribution in [-0.4, -0.2) is 69.1 Å². The highest BCUT2D eigenvalue weighted by molar-refractivity contribution is 5.81. The quantitative estimate of drug-likeness (QED) is 0.165. The minimum absolute atomic E-state index is 0.0730. The fraction of sp³-hybridized carbons (Fsp3) is 0.225. The Morgan fingerprint density at radius 3 is 1.72 bits per heavy atom. The fourth-order valence-electron chi connectivity index (χ4n) is 6.57. The zero-order valence-electron chi connectivity index (χ0n) is 31.3. The van der Waals surface area contributed by atoms with E-state index in [0.29, 0.717) is 0 Å². The summed E-state index contributed by atoms with van der Waals surface area (Å²) in [5.41, 5.74) is 18.1. The SMILES string of the molecule is CCc1cc(-c2cn[nH]c2)ccc1N(C)c1cc2c(cn1)ncn2C.CCc1cc(-c2cnn(CC(N)=O)c2)ccc1N(C)c1cc2c(cn1)ncn2C. The molecule has 8 rings (SSSR count). The number of carbonyl (C=O) groups is 1. The second kappa shape index (κ2) is 15.0. The number of imidazole rings is 2. The van der Waals surface area contributed by atoms with Crippen LogP contribution in [0.25, 0.3) is 44.3 Å². The van der Waals surface area contributed by atoms with Gasteiger partial charge in [-0.15, -0.1) is 0 Å². The first-order valence-electron chi connectivity index (χ1n) is 17.7. The van der Waals surface area contributed by atoms with Crippen molar-refractivity contribution in [2.75, 3.05) is 23.9 Å². The summed E-state index contributed by atoms with van der Waals surface area (Å²) in [5, 5.41) is 11.1. The zero-order chi connectivity index (χ0) is 37.9. The molecule has 0 saturated carbocycles. The van der Waals surface area contributed by atoms with Crippen molar-refractivity contribution in [1.82, 2.24) is 49.0 Å². The van der Waals surface area contributed by atoms with E-state index in [4.69, 9.17) is 5.73 Å². The number of nitrogens with one attached hydrogen (secondary N) is 1. The number of anilines is 4. The maximum absolute atomic E-state index is 11.1. The van der Waals surface area contributed by atoms with Crippen molar-refractivity contribution >= 4 is 51.0 Å². The number of rotatable bonds is 10. The maximum Gasteiger partial charge on any atom is 0.239 e. The van der Waals surface area contributed by atoms with Crippen LogP contribution in [0.15, 0.2) is 98.4 Å². The van der Waals surface area contributed by atoms with Gasteiger partial charge in [0.25, 0.3) is 0 Å². The standard InChI is InChI=1S/C21H23N7O.C19H20N6/c1-4-14-7-15(16-9-25-28(11-16)12-20(22)29)5-6-18(14)27(3)21-8-19-17(10-23-21)24-13-26(19)2;1-4-13-7-14(15-9-22-23-10-15)5-6-17(13)25(3)19-8-18-16(11-20-19)21-12-24(18)2/h5-11,13H,4,12H2,1-3H3,(H2,22,29);5-12H,4H2,1-3H3,(H,22,23). The predicted molar refractivity (Wildman–Crippen MR) is 213 cm³/mol. The molecule has 0 aliphatic carbocycles. The summed E-state index contributed by atoms with van der Waals surface area (Å²) in [6.45, 7) is 4.37. The highest BCUT2D eigenvalue weighted by Crippen LogP contribution is 2.33. The molecule has 0 spiro atoms. The second-order valence-corrected chi connectivity index (χ2v) is 13.2. The number of aryl methyl sites for hydroxylation is 4. The Morgan fingerprint density at radius 1 is 0.704 bits per heavy atom. The summed E-state index contributed by atoms with van der Waals surface area (Å²) >= 11 is 0. The highest BCUT2D eigenvalue weighted by Gasteiger charge is 2.15. The van der Waals surface area contributed by atoms with Gasteiger partial charge in [-0.05, 0) is 59.4 Å². The Balaban J connectivity index is 0.000000168. The number of amides is 1. The number of fused-ring (bicyclic) bond motifs is 2. The molecule has 0 aliphatic heterocycles. The van der Waals surface area contributed by atoms with Gasteiger partial charge in [-0.1, -0.05) is 26.0 Å². The molecule has 14 nitrogen and oxygen atoms in total. The lowest BCUT2D eigenvalue weighted by Gasteiger charge is -2.22. The van der Waals surface area contributed by atoms with Crippen LogP contribution in [-0.2, 0) is 38.3 Å². The number of nitrogens with zero attached hydrogens (tertiary/aromatic N) is 11. The Morgan fingerprint density at radius 2 is 1.24 bits per heavy atom. The smallest absolute Gasteiger partial charge is 0.239 e. The number of H-pyrrole nitrogens is 1. The van der Waals surface area contributed by atoms with Crippen molar-refractivity contribution < 1.29 is 4.79 Å².